The molecule has 0 spiro atoms. The first-order valence-corrected chi connectivity index (χ1v) is 6.71. The van der Waals surface area contributed by atoms with Gasteiger partial charge >= 0.3 is 0 Å². The Morgan fingerprint density at radius 3 is 3.11 bits per heavy atom. The molecule has 0 unspecified atom stereocenters. The van der Waals surface area contributed by atoms with Gasteiger partial charge in [-0.2, -0.15) is 0 Å². The molecule has 102 valence electrons. The van der Waals surface area contributed by atoms with Gasteiger partial charge in [-0.3, -0.25) is 4.79 Å². The molecule has 0 bridgehead atoms. The van der Waals surface area contributed by atoms with E-state index in [0.717, 1.165) is 19.4 Å². The number of ether oxygens (including phenoxy) is 1. The number of pyridine rings is 1. The van der Waals surface area contributed by atoms with Crippen molar-refractivity contribution in [2.24, 2.45) is 5.92 Å². The van der Waals surface area contributed by atoms with E-state index in [-0.39, 0.29) is 11.9 Å². The molecule has 1 saturated heterocycles. The molecular weight excluding hydrogens is 242 g/mol. The molecule has 3 rings (SSSR count). The lowest BCUT2D eigenvalue weighted by molar-refractivity contribution is 0.00810. The maximum atomic E-state index is 12.3. The van der Waals surface area contributed by atoms with Crippen LogP contribution >= 0.6 is 0 Å². The Kier molecular flexibility index (Phi) is 3.14. The van der Waals surface area contributed by atoms with Crippen molar-refractivity contribution in [3.05, 3.63) is 23.9 Å². The number of fused-ring (bicyclic) bond motifs is 1. The number of nitrogens with one attached hydrogen (secondary N) is 1. The maximum Gasteiger partial charge on any atom is 0.255 e. The smallest absolute Gasteiger partial charge is 0.255 e. The Hall–Kier alpha value is -1.62. The maximum absolute atomic E-state index is 12.3. The lowest BCUT2D eigenvalue weighted by Crippen LogP contribution is -2.53. The second-order valence-electron chi connectivity index (χ2n) is 5.45. The molecule has 5 nitrogen and oxygen atoms in total. The quantitative estimate of drug-likeness (QED) is 0.884. The average Bonchev–Trinajstić information content (AvgIpc) is 2.77. The van der Waals surface area contributed by atoms with E-state index >= 15 is 0 Å². The molecule has 0 aromatic carbocycles. The fourth-order valence-corrected chi connectivity index (χ4v) is 2.94. The van der Waals surface area contributed by atoms with Crippen LogP contribution in [0.1, 0.15) is 23.2 Å². The number of rotatable bonds is 3. The predicted octanol–water partition coefficient (Wildman–Crippen LogP) is 1.05. The third-order valence-corrected chi connectivity index (χ3v) is 4.04. The Labute approximate surface area is 113 Å². The standard InChI is InChI=1S/C14H19N3O2/c1-17(2)13-10(4-3-6-15-13)14(18)16-11-8-12-9(11)5-7-19-12/h3-4,6,9,11-12H,5,7-8H2,1-2H3,(H,16,18)/t9-,11-,12+/m1/s1. The number of carbonyl (C=O) groups is 1. The van der Waals surface area contributed by atoms with Crippen LogP contribution in [0.15, 0.2) is 18.3 Å². The summed E-state index contributed by atoms with van der Waals surface area (Å²) in [6.45, 7) is 0.831. The summed E-state index contributed by atoms with van der Waals surface area (Å²) in [6, 6.07) is 3.87. The molecule has 1 amide bonds. The Morgan fingerprint density at radius 1 is 1.53 bits per heavy atom. The van der Waals surface area contributed by atoms with Gasteiger partial charge in [0.1, 0.15) is 5.82 Å². The predicted molar refractivity (Wildman–Crippen MR) is 72.3 cm³/mol. The largest absolute Gasteiger partial charge is 0.378 e. The molecule has 1 aromatic heterocycles. The van der Waals surface area contributed by atoms with E-state index in [2.05, 4.69) is 10.3 Å². The summed E-state index contributed by atoms with van der Waals surface area (Å²) < 4.78 is 5.56. The van der Waals surface area contributed by atoms with E-state index in [1.54, 1.807) is 12.3 Å². The molecule has 1 N–H and O–H groups in total. The van der Waals surface area contributed by atoms with Gasteiger partial charge < -0.3 is 15.0 Å². The monoisotopic (exact) mass is 261 g/mol. The summed E-state index contributed by atoms with van der Waals surface area (Å²) >= 11 is 0. The summed E-state index contributed by atoms with van der Waals surface area (Å²) in [5, 5.41) is 3.11. The summed E-state index contributed by atoms with van der Waals surface area (Å²) in [7, 11) is 3.78. The Morgan fingerprint density at radius 2 is 2.37 bits per heavy atom. The SMILES string of the molecule is CN(C)c1ncccc1C(=O)N[C@@H]1C[C@@H]2OCC[C@@H]21. The second kappa shape index (κ2) is 4.81. The van der Waals surface area contributed by atoms with E-state index in [4.69, 9.17) is 4.74 Å². The van der Waals surface area contributed by atoms with Crippen molar-refractivity contribution in [2.75, 3.05) is 25.6 Å². The molecule has 2 heterocycles. The molecule has 1 aromatic rings. The molecular formula is C14H19N3O2. The normalized spacial score (nSPS) is 28.4. The van der Waals surface area contributed by atoms with Gasteiger partial charge in [-0.15, -0.1) is 0 Å². The zero-order valence-electron chi connectivity index (χ0n) is 11.3. The summed E-state index contributed by atoms with van der Waals surface area (Å²) in [4.78, 5) is 18.5. The number of amides is 1. The van der Waals surface area contributed by atoms with Crippen LogP contribution < -0.4 is 10.2 Å². The minimum atomic E-state index is -0.0350. The number of carbonyl (C=O) groups excluding carboxylic acids is 1. The van der Waals surface area contributed by atoms with Crippen molar-refractivity contribution in [1.29, 1.82) is 0 Å². The third-order valence-electron chi connectivity index (χ3n) is 4.04. The Bertz CT molecular complexity index is 489. The highest BCUT2D eigenvalue weighted by Gasteiger charge is 2.45. The van der Waals surface area contributed by atoms with Crippen molar-refractivity contribution in [3.8, 4) is 0 Å². The van der Waals surface area contributed by atoms with Crippen LogP contribution in [-0.2, 0) is 4.74 Å². The highest BCUT2D eigenvalue weighted by molar-refractivity contribution is 5.99. The van der Waals surface area contributed by atoms with Crippen molar-refractivity contribution in [3.63, 3.8) is 0 Å². The highest BCUT2D eigenvalue weighted by Crippen LogP contribution is 2.38. The first-order valence-electron chi connectivity index (χ1n) is 6.71. The molecule has 1 aliphatic carbocycles. The first kappa shape index (κ1) is 12.4. The van der Waals surface area contributed by atoms with E-state index in [1.807, 2.05) is 25.1 Å². The molecule has 2 aliphatic rings. The zero-order valence-corrected chi connectivity index (χ0v) is 11.3. The summed E-state index contributed by atoms with van der Waals surface area (Å²) in [6.07, 6.45) is 4.07. The van der Waals surface area contributed by atoms with Crippen LogP contribution in [0.2, 0.25) is 0 Å². The fraction of sp³-hybridized carbons (Fsp3) is 0.571. The van der Waals surface area contributed by atoms with Crippen molar-refractivity contribution >= 4 is 11.7 Å². The van der Waals surface area contributed by atoms with Gasteiger partial charge in [0.2, 0.25) is 0 Å². The van der Waals surface area contributed by atoms with Crippen molar-refractivity contribution in [1.82, 2.24) is 10.3 Å². The lowest BCUT2D eigenvalue weighted by Gasteiger charge is -2.39. The van der Waals surface area contributed by atoms with Gasteiger partial charge in [0.25, 0.3) is 5.91 Å². The van der Waals surface area contributed by atoms with Crippen LogP contribution in [0.5, 0.6) is 0 Å². The van der Waals surface area contributed by atoms with Crippen molar-refractivity contribution < 1.29 is 9.53 Å². The molecule has 0 radical (unpaired) electrons. The zero-order chi connectivity index (χ0) is 13.4. The van der Waals surface area contributed by atoms with Crippen LogP contribution in [0.4, 0.5) is 5.82 Å². The molecule has 19 heavy (non-hydrogen) atoms. The topological polar surface area (TPSA) is 54.5 Å². The number of nitrogens with zero attached hydrogens (tertiary/aromatic N) is 2. The van der Waals surface area contributed by atoms with Crippen molar-refractivity contribution in [2.45, 2.75) is 25.0 Å². The number of hydrogen-bond donors (Lipinski definition) is 1. The minimum absolute atomic E-state index is 0.0350. The van der Waals surface area contributed by atoms with E-state index in [0.29, 0.717) is 23.4 Å². The number of hydrogen-bond acceptors (Lipinski definition) is 4. The van der Waals surface area contributed by atoms with Gasteiger partial charge in [0.15, 0.2) is 0 Å². The molecule has 5 heteroatoms. The lowest BCUT2D eigenvalue weighted by atomic mass is 9.76. The molecule has 1 aliphatic heterocycles. The van der Waals surface area contributed by atoms with Gasteiger partial charge in [0.05, 0.1) is 11.7 Å². The molecule has 2 fully saturated rings. The first-order chi connectivity index (χ1) is 9.16. The van der Waals surface area contributed by atoms with Gasteiger partial charge in [-0.1, -0.05) is 0 Å². The summed E-state index contributed by atoms with van der Waals surface area (Å²) in [5.74, 6) is 1.18. The van der Waals surface area contributed by atoms with Crippen LogP contribution in [0.25, 0.3) is 0 Å². The Balaban J connectivity index is 1.71. The molecule has 3 atom stereocenters. The van der Waals surface area contributed by atoms with Crippen LogP contribution in [-0.4, -0.2) is 43.7 Å². The van der Waals surface area contributed by atoms with Crippen LogP contribution in [0.3, 0.4) is 0 Å². The molecule has 1 saturated carbocycles. The van der Waals surface area contributed by atoms with E-state index in [1.165, 1.54) is 0 Å². The van der Waals surface area contributed by atoms with E-state index < -0.39 is 0 Å². The highest BCUT2D eigenvalue weighted by atomic mass is 16.5. The van der Waals surface area contributed by atoms with Gasteiger partial charge in [-0.25, -0.2) is 4.98 Å². The third kappa shape index (κ3) is 2.18. The van der Waals surface area contributed by atoms with Gasteiger partial charge in [-0.05, 0) is 25.0 Å². The number of anilines is 1. The summed E-state index contributed by atoms with van der Waals surface area (Å²) in [5.41, 5.74) is 0.634. The van der Waals surface area contributed by atoms with E-state index in [9.17, 15) is 4.79 Å². The van der Waals surface area contributed by atoms with Gasteiger partial charge in [0, 0.05) is 38.9 Å². The number of aromatic nitrogens is 1. The average molecular weight is 261 g/mol. The fourth-order valence-electron chi connectivity index (χ4n) is 2.94. The van der Waals surface area contributed by atoms with Crippen LogP contribution in [0, 0.1) is 5.92 Å². The minimum Gasteiger partial charge on any atom is -0.378 e. The second-order valence-corrected chi connectivity index (χ2v) is 5.45.